The summed E-state index contributed by atoms with van der Waals surface area (Å²) in [7, 11) is 1.72. The Bertz CT molecular complexity index is 974. The highest BCUT2D eigenvalue weighted by Gasteiger charge is 2.16. The molecule has 1 aliphatic rings. The summed E-state index contributed by atoms with van der Waals surface area (Å²) in [5.41, 5.74) is 6.40. The molecule has 30 heavy (non-hydrogen) atoms. The predicted octanol–water partition coefficient (Wildman–Crippen LogP) is 5.87. The monoisotopic (exact) mass is 420 g/mol. The number of rotatable bonds is 9. The minimum absolute atomic E-state index is 0.720. The molecule has 0 atom stereocenters. The van der Waals surface area contributed by atoms with E-state index in [4.69, 9.17) is 16.3 Å². The molecule has 3 nitrogen and oxygen atoms in total. The Morgan fingerprint density at radius 2 is 1.77 bits per heavy atom. The van der Waals surface area contributed by atoms with Gasteiger partial charge in [0.25, 0.3) is 0 Å². The van der Waals surface area contributed by atoms with E-state index in [1.807, 2.05) is 6.07 Å². The highest BCUT2D eigenvalue weighted by atomic mass is 35.5. The average molecular weight is 421 g/mol. The van der Waals surface area contributed by atoms with Crippen LogP contribution in [0.25, 0.3) is 0 Å². The van der Waals surface area contributed by atoms with Crippen molar-refractivity contribution in [3.63, 3.8) is 0 Å². The second-order valence-electron chi connectivity index (χ2n) is 8.05. The first-order valence-corrected chi connectivity index (χ1v) is 11.2. The lowest BCUT2D eigenvalue weighted by Crippen LogP contribution is -2.24. The SMILES string of the molecule is COc1cccc(CN(CCCc2cc3c(c(Cl)n2)CCC3)Cc2ccccc2)c1. The van der Waals surface area contributed by atoms with Crippen molar-refractivity contribution in [1.29, 1.82) is 0 Å². The van der Waals surface area contributed by atoms with Gasteiger partial charge in [0.15, 0.2) is 0 Å². The van der Waals surface area contributed by atoms with Gasteiger partial charge in [-0.15, -0.1) is 0 Å². The van der Waals surface area contributed by atoms with Crippen LogP contribution >= 0.6 is 11.6 Å². The number of aromatic nitrogens is 1. The zero-order chi connectivity index (χ0) is 20.8. The summed E-state index contributed by atoms with van der Waals surface area (Å²) in [6.45, 7) is 2.82. The minimum atomic E-state index is 0.720. The number of halogens is 1. The van der Waals surface area contributed by atoms with Gasteiger partial charge < -0.3 is 4.74 Å². The molecule has 3 aromatic rings. The third-order valence-corrected chi connectivity index (χ3v) is 6.10. The van der Waals surface area contributed by atoms with Crippen LogP contribution in [0.4, 0.5) is 0 Å². The molecule has 0 aliphatic heterocycles. The zero-order valence-electron chi connectivity index (χ0n) is 17.6. The molecule has 1 aliphatic carbocycles. The molecule has 0 unspecified atom stereocenters. The lowest BCUT2D eigenvalue weighted by atomic mass is 10.1. The molecule has 0 bridgehead atoms. The van der Waals surface area contributed by atoms with Crippen molar-refractivity contribution in [1.82, 2.24) is 9.88 Å². The van der Waals surface area contributed by atoms with E-state index < -0.39 is 0 Å². The van der Waals surface area contributed by atoms with Crippen molar-refractivity contribution in [3.8, 4) is 5.75 Å². The Morgan fingerprint density at radius 1 is 0.967 bits per heavy atom. The molecule has 0 amide bonds. The fourth-order valence-electron chi connectivity index (χ4n) is 4.29. The highest BCUT2D eigenvalue weighted by molar-refractivity contribution is 6.30. The summed E-state index contributed by atoms with van der Waals surface area (Å²) < 4.78 is 5.40. The molecule has 1 aromatic heterocycles. The Balaban J connectivity index is 1.42. The van der Waals surface area contributed by atoms with Gasteiger partial charge in [0, 0.05) is 18.8 Å². The number of aryl methyl sites for hydroxylation is 2. The molecule has 0 spiro atoms. The van der Waals surface area contributed by atoms with E-state index in [0.29, 0.717) is 0 Å². The smallest absolute Gasteiger partial charge is 0.132 e. The summed E-state index contributed by atoms with van der Waals surface area (Å²) in [5, 5.41) is 0.720. The number of fused-ring (bicyclic) bond motifs is 1. The maximum atomic E-state index is 6.43. The quantitative estimate of drug-likeness (QED) is 0.405. The van der Waals surface area contributed by atoms with E-state index in [2.05, 4.69) is 64.5 Å². The summed E-state index contributed by atoms with van der Waals surface area (Å²) >= 11 is 6.43. The molecule has 1 heterocycles. The highest BCUT2D eigenvalue weighted by Crippen LogP contribution is 2.28. The van der Waals surface area contributed by atoms with E-state index >= 15 is 0 Å². The van der Waals surface area contributed by atoms with E-state index in [9.17, 15) is 0 Å². The Hall–Kier alpha value is -2.36. The fraction of sp³-hybridized carbons (Fsp3) is 0.346. The van der Waals surface area contributed by atoms with Gasteiger partial charge in [-0.05, 0) is 79.1 Å². The maximum Gasteiger partial charge on any atom is 0.132 e. The number of ether oxygens (including phenoxy) is 1. The van der Waals surface area contributed by atoms with Crippen molar-refractivity contribution >= 4 is 11.6 Å². The normalized spacial score (nSPS) is 12.9. The van der Waals surface area contributed by atoms with Gasteiger partial charge in [-0.3, -0.25) is 4.90 Å². The topological polar surface area (TPSA) is 25.4 Å². The number of benzene rings is 2. The van der Waals surface area contributed by atoms with Crippen LogP contribution in [0.3, 0.4) is 0 Å². The van der Waals surface area contributed by atoms with Crippen LogP contribution < -0.4 is 4.74 Å². The maximum absolute atomic E-state index is 6.43. The standard InChI is InChI=1S/C26H29ClN2O/c1-30-24-13-5-10-21(16-24)19-29(18-20-8-3-2-4-9-20)15-7-12-23-17-22-11-6-14-25(22)26(27)28-23/h2-5,8-10,13,16-17H,6-7,11-12,14-15,18-19H2,1H3. The molecule has 0 radical (unpaired) electrons. The minimum Gasteiger partial charge on any atom is -0.497 e. The van der Waals surface area contributed by atoms with Crippen molar-refractivity contribution in [2.24, 2.45) is 0 Å². The van der Waals surface area contributed by atoms with Crippen molar-refractivity contribution in [2.45, 2.75) is 45.2 Å². The van der Waals surface area contributed by atoms with Gasteiger partial charge in [-0.25, -0.2) is 4.98 Å². The fourth-order valence-corrected chi connectivity index (χ4v) is 4.61. The molecular formula is C26H29ClN2O. The van der Waals surface area contributed by atoms with Crippen LogP contribution in [0.15, 0.2) is 60.7 Å². The molecule has 0 saturated heterocycles. The van der Waals surface area contributed by atoms with E-state index in [-0.39, 0.29) is 0 Å². The first-order valence-electron chi connectivity index (χ1n) is 10.8. The van der Waals surface area contributed by atoms with Crippen molar-refractivity contribution in [2.75, 3.05) is 13.7 Å². The lowest BCUT2D eigenvalue weighted by Gasteiger charge is -2.23. The van der Waals surface area contributed by atoms with Crippen LogP contribution in [0.1, 0.15) is 40.8 Å². The molecule has 0 saturated carbocycles. The van der Waals surface area contributed by atoms with Crippen LogP contribution in [0.2, 0.25) is 5.15 Å². The predicted molar refractivity (Wildman–Crippen MR) is 123 cm³/mol. The third-order valence-electron chi connectivity index (χ3n) is 5.79. The summed E-state index contributed by atoms with van der Waals surface area (Å²) in [6.07, 6.45) is 5.42. The zero-order valence-corrected chi connectivity index (χ0v) is 18.4. The number of methoxy groups -OCH3 is 1. The first-order chi connectivity index (χ1) is 14.7. The van der Waals surface area contributed by atoms with Gasteiger partial charge in [-0.2, -0.15) is 0 Å². The number of hydrogen-bond donors (Lipinski definition) is 0. The molecular weight excluding hydrogens is 392 g/mol. The molecule has 156 valence electrons. The molecule has 0 fully saturated rings. The second-order valence-corrected chi connectivity index (χ2v) is 8.40. The summed E-state index contributed by atoms with van der Waals surface area (Å²) in [5.74, 6) is 0.907. The first kappa shape index (κ1) is 20.9. The van der Waals surface area contributed by atoms with Gasteiger partial charge >= 0.3 is 0 Å². The number of pyridine rings is 1. The summed E-state index contributed by atoms with van der Waals surface area (Å²) in [6, 6.07) is 21.3. The van der Waals surface area contributed by atoms with Gasteiger partial charge in [0.1, 0.15) is 10.9 Å². The van der Waals surface area contributed by atoms with Crippen molar-refractivity contribution in [3.05, 3.63) is 93.8 Å². The Labute approximate surface area is 184 Å². The number of nitrogens with zero attached hydrogens (tertiary/aromatic N) is 2. The van der Waals surface area contributed by atoms with Gasteiger partial charge in [0.2, 0.25) is 0 Å². The van der Waals surface area contributed by atoms with Crippen LogP contribution in [0, 0.1) is 0 Å². The molecule has 4 heteroatoms. The van der Waals surface area contributed by atoms with E-state index in [1.54, 1.807) is 7.11 Å². The van der Waals surface area contributed by atoms with E-state index in [0.717, 1.165) is 61.9 Å². The molecule has 2 aromatic carbocycles. The van der Waals surface area contributed by atoms with Crippen LogP contribution in [-0.2, 0) is 32.4 Å². The third kappa shape index (κ3) is 5.41. The van der Waals surface area contributed by atoms with Gasteiger partial charge in [0.05, 0.1) is 7.11 Å². The number of hydrogen-bond acceptors (Lipinski definition) is 3. The Morgan fingerprint density at radius 3 is 2.60 bits per heavy atom. The summed E-state index contributed by atoms with van der Waals surface area (Å²) in [4.78, 5) is 7.16. The van der Waals surface area contributed by atoms with Gasteiger partial charge in [-0.1, -0.05) is 54.1 Å². The van der Waals surface area contributed by atoms with Crippen LogP contribution in [0.5, 0.6) is 5.75 Å². The van der Waals surface area contributed by atoms with Crippen molar-refractivity contribution < 1.29 is 4.74 Å². The molecule has 0 N–H and O–H groups in total. The van der Waals surface area contributed by atoms with Crippen LogP contribution in [-0.4, -0.2) is 23.5 Å². The average Bonchev–Trinajstić information content (AvgIpc) is 3.24. The second kappa shape index (κ2) is 10.1. The van der Waals surface area contributed by atoms with E-state index in [1.165, 1.54) is 28.7 Å². The molecule has 4 rings (SSSR count). The lowest BCUT2D eigenvalue weighted by molar-refractivity contribution is 0.253. The largest absolute Gasteiger partial charge is 0.497 e. The Kier molecular flexibility index (Phi) is 7.03.